The second-order valence-electron chi connectivity index (χ2n) is 6.91. The van der Waals surface area contributed by atoms with E-state index in [1.165, 1.54) is 30.3 Å². The Kier molecular flexibility index (Phi) is 8.07. The molecule has 33 heavy (non-hydrogen) atoms. The van der Waals surface area contributed by atoms with Crippen LogP contribution >= 0.6 is 23.2 Å². The number of carbonyl (C=O) groups is 1. The molecule has 2 N–H and O–H groups in total. The number of ether oxygens (including phenoxy) is 2. The van der Waals surface area contributed by atoms with Crippen LogP contribution < -0.4 is 19.5 Å². The summed E-state index contributed by atoms with van der Waals surface area (Å²) in [6, 6.07) is 17.1. The number of rotatable bonds is 9. The SMILES string of the molecule is CCOc1ccc(NS(=O)(=O)c2ccc(NC(=O)C(C)Oc3ccc(Cl)cc3Cl)cc2)cc1. The van der Waals surface area contributed by atoms with Crippen LogP contribution in [0.3, 0.4) is 0 Å². The molecule has 174 valence electrons. The van der Waals surface area contributed by atoms with E-state index in [4.69, 9.17) is 32.7 Å². The highest BCUT2D eigenvalue weighted by Crippen LogP contribution is 2.28. The lowest BCUT2D eigenvalue weighted by atomic mass is 10.3. The maximum absolute atomic E-state index is 12.6. The second kappa shape index (κ2) is 10.8. The quantitative estimate of drug-likeness (QED) is 0.392. The van der Waals surface area contributed by atoms with Crippen LogP contribution in [-0.4, -0.2) is 27.0 Å². The molecular formula is C23H22Cl2N2O5S. The van der Waals surface area contributed by atoms with Crippen LogP contribution in [0.5, 0.6) is 11.5 Å². The summed E-state index contributed by atoms with van der Waals surface area (Å²) in [4.78, 5) is 12.5. The third-order valence-corrected chi connectivity index (χ3v) is 6.34. The largest absolute Gasteiger partial charge is 0.494 e. The molecule has 1 atom stereocenters. The highest BCUT2D eigenvalue weighted by atomic mass is 35.5. The maximum Gasteiger partial charge on any atom is 0.265 e. The summed E-state index contributed by atoms with van der Waals surface area (Å²) in [5, 5.41) is 3.42. The number of sulfonamides is 1. The molecule has 0 aliphatic rings. The Morgan fingerprint density at radius 1 is 0.970 bits per heavy atom. The summed E-state index contributed by atoms with van der Waals surface area (Å²) < 4.78 is 38.7. The van der Waals surface area contributed by atoms with E-state index in [-0.39, 0.29) is 9.92 Å². The van der Waals surface area contributed by atoms with Crippen molar-refractivity contribution in [2.24, 2.45) is 0 Å². The molecule has 0 bridgehead atoms. The molecule has 3 rings (SSSR count). The van der Waals surface area contributed by atoms with Crippen molar-refractivity contribution in [3.63, 3.8) is 0 Å². The maximum atomic E-state index is 12.6. The standard InChI is InChI=1S/C23H22Cl2N2O5S/c1-3-31-19-9-5-18(6-10-19)27-33(29,30)20-11-7-17(8-12-20)26-23(28)15(2)32-22-13-4-16(24)14-21(22)25/h4-15,27H,3H2,1-2H3,(H,26,28). The number of halogens is 2. The summed E-state index contributed by atoms with van der Waals surface area (Å²) >= 11 is 11.9. The molecule has 3 aromatic rings. The van der Waals surface area contributed by atoms with E-state index in [1.807, 2.05) is 6.92 Å². The average Bonchev–Trinajstić information content (AvgIpc) is 2.77. The Balaban J connectivity index is 1.62. The minimum atomic E-state index is -3.80. The molecule has 0 spiro atoms. The first-order valence-electron chi connectivity index (χ1n) is 9.96. The van der Waals surface area contributed by atoms with Crippen LogP contribution in [0.15, 0.2) is 71.6 Å². The van der Waals surface area contributed by atoms with E-state index in [0.29, 0.717) is 34.5 Å². The molecule has 0 aliphatic heterocycles. The minimum Gasteiger partial charge on any atom is -0.494 e. The van der Waals surface area contributed by atoms with Gasteiger partial charge in [-0.05, 0) is 80.6 Å². The van der Waals surface area contributed by atoms with E-state index in [2.05, 4.69) is 10.0 Å². The molecule has 1 unspecified atom stereocenters. The predicted octanol–water partition coefficient (Wildman–Crippen LogP) is 5.60. The Bertz CT molecular complexity index is 1220. The minimum absolute atomic E-state index is 0.0478. The van der Waals surface area contributed by atoms with Gasteiger partial charge < -0.3 is 14.8 Å². The first-order chi connectivity index (χ1) is 15.7. The van der Waals surface area contributed by atoms with Crippen LogP contribution in [-0.2, 0) is 14.8 Å². The van der Waals surface area contributed by atoms with Crippen LogP contribution in [0, 0.1) is 0 Å². The predicted molar refractivity (Wildman–Crippen MR) is 130 cm³/mol. The number of nitrogens with one attached hydrogen (secondary N) is 2. The zero-order chi connectivity index (χ0) is 24.0. The fraction of sp³-hybridized carbons (Fsp3) is 0.174. The van der Waals surface area contributed by atoms with Gasteiger partial charge in [0.25, 0.3) is 15.9 Å². The van der Waals surface area contributed by atoms with E-state index >= 15 is 0 Å². The number of benzene rings is 3. The molecule has 0 saturated heterocycles. The number of amides is 1. The van der Waals surface area contributed by atoms with Crippen LogP contribution in [0.25, 0.3) is 0 Å². The molecule has 0 aliphatic carbocycles. The van der Waals surface area contributed by atoms with E-state index in [1.54, 1.807) is 43.3 Å². The normalized spacial score (nSPS) is 12.0. The molecule has 3 aromatic carbocycles. The Hall–Kier alpha value is -2.94. The first kappa shape index (κ1) is 24.7. The van der Waals surface area contributed by atoms with Gasteiger partial charge in [-0.15, -0.1) is 0 Å². The lowest BCUT2D eigenvalue weighted by Gasteiger charge is -2.16. The van der Waals surface area contributed by atoms with Gasteiger partial charge in [0.1, 0.15) is 11.5 Å². The van der Waals surface area contributed by atoms with Crippen molar-refractivity contribution in [1.29, 1.82) is 0 Å². The molecule has 0 fully saturated rings. The number of carbonyl (C=O) groups excluding carboxylic acids is 1. The molecule has 10 heteroatoms. The second-order valence-corrected chi connectivity index (χ2v) is 9.44. The molecule has 0 aromatic heterocycles. The van der Waals surface area contributed by atoms with Crippen LogP contribution in [0.2, 0.25) is 10.0 Å². The van der Waals surface area contributed by atoms with Gasteiger partial charge in [0, 0.05) is 16.4 Å². The molecule has 0 heterocycles. The Morgan fingerprint density at radius 2 is 1.61 bits per heavy atom. The van der Waals surface area contributed by atoms with Crippen LogP contribution in [0.4, 0.5) is 11.4 Å². The van der Waals surface area contributed by atoms with Crippen LogP contribution in [0.1, 0.15) is 13.8 Å². The van der Waals surface area contributed by atoms with Gasteiger partial charge in [-0.25, -0.2) is 8.42 Å². The van der Waals surface area contributed by atoms with Gasteiger partial charge in [-0.1, -0.05) is 23.2 Å². The van der Waals surface area contributed by atoms with Gasteiger partial charge in [-0.2, -0.15) is 0 Å². The third-order valence-electron chi connectivity index (χ3n) is 4.42. The van der Waals surface area contributed by atoms with Gasteiger partial charge in [0.05, 0.1) is 16.5 Å². The fourth-order valence-corrected chi connectivity index (χ4v) is 4.29. The third kappa shape index (κ3) is 6.77. The first-order valence-corrected chi connectivity index (χ1v) is 12.2. The van der Waals surface area contributed by atoms with Crippen molar-refractivity contribution in [2.75, 3.05) is 16.6 Å². The van der Waals surface area contributed by atoms with E-state index in [9.17, 15) is 13.2 Å². The molecule has 0 radical (unpaired) electrons. The van der Waals surface area contributed by atoms with E-state index in [0.717, 1.165) is 0 Å². The van der Waals surface area contributed by atoms with Gasteiger partial charge in [0.15, 0.2) is 6.10 Å². The van der Waals surface area contributed by atoms with Crippen molar-refractivity contribution in [2.45, 2.75) is 24.8 Å². The lowest BCUT2D eigenvalue weighted by Crippen LogP contribution is -2.30. The van der Waals surface area contributed by atoms with E-state index < -0.39 is 22.0 Å². The summed E-state index contributed by atoms with van der Waals surface area (Å²) in [6.07, 6.45) is -0.853. The zero-order valence-corrected chi connectivity index (χ0v) is 20.2. The Labute approximate surface area is 202 Å². The highest BCUT2D eigenvalue weighted by Gasteiger charge is 2.18. The number of hydrogen-bond donors (Lipinski definition) is 2. The fourth-order valence-electron chi connectivity index (χ4n) is 2.78. The van der Waals surface area contributed by atoms with Gasteiger partial charge >= 0.3 is 0 Å². The van der Waals surface area contributed by atoms with Crippen molar-refractivity contribution >= 4 is 50.5 Å². The number of anilines is 2. The number of hydrogen-bond acceptors (Lipinski definition) is 5. The molecule has 1 amide bonds. The van der Waals surface area contributed by atoms with Crippen molar-refractivity contribution in [3.8, 4) is 11.5 Å². The highest BCUT2D eigenvalue weighted by molar-refractivity contribution is 7.92. The summed E-state index contributed by atoms with van der Waals surface area (Å²) in [5.74, 6) is 0.548. The van der Waals surface area contributed by atoms with Crippen molar-refractivity contribution in [3.05, 3.63) is 76.8 Å². The summed E-state index contributed by atoms with van der Waals surface area (Å²) in [7, 11) is -3.80. The molecule has 7 nitrogen and oxygen atoms in total. The molecule has 0 saturated carbocycles. The molecular weight excluding hydrogens is 487 g/mol. The van der Waals surface area contributed by atoms with Crippen molar-refractivity contribution < 1.29 is 22.7 Å². The zero-order valence-electron chi connectivity index (χ0n) is 17.8. The topological polar surface area (TPSA) is 93.7 Å². The average molecular weight is 509 g/mol. The van der Waals surface area contributed by atoms with Gasteiger partial charge in [-0.3, -0.25) is 9.52 Å². The smallest absolute Gasteiger partial charge is 0.265 e. The lowest BCUT2D eigenvalue weighted by molar-refractivity contribution is -0.122. The monoisotopic (exact) mass is 508 g/mol. The summed E-state index contributed by atoms with van der Waals surface area (Å²) in [5.41, 5.74) is 0.820. The summed E-state index contributed by atoms with van der Waals surface area (Å²) in [6.45, 7) is 3.96. The van der Waals surface area contributed by atoms with Gasteiger partial charge in [0.2, 0.25) is 0 Å². The Morgan fingerprint density at radius 3 is 2.21 bits per heavy atom. The van der Waals surface area contributed by atoms with Crippen molar-refractivity contribution in [1.82, 2.24) is 0 Å².